The van der Waals surface area contributed by atoms with Crippen molar-refractivity contribution in [3.63, 3.8) is 0 Å². The monoisotopic (exact) mass is 412 g/mol. The molecule has 0 spiro atoms. The van der Waals surface area contributed by atoms with Crippen LogP contribution in [-0.2, 0) is 16.1 Å². The molecule has 1 aromatic carbocycles. The summed E-state index contributed by atoms with van der Waals surface area (Å²) in [5, 5.41) is 9.19. The highest BCUT2D eigenvalue weighted by atomic mass is 16.2. The second kappa shape index (κ2) is 9.49. The van der Waals surface area contributed by atoms with Gasteiger partial charge in [-0.2, -0.15) is 0 Å². The van der Waals surface area contributed by atoms with Gasteiger partial charge in [0.1, 0.15) is 6.54 Å². The van der Waals surface area contributed by atoms with Crippen LogP contribution in [0.5, 0.6) is 0 Å². The molecule has 0 unspecified atom stereocenters. The fourth-order valence-electron chi connectivity index (χ4n) is 5.10. The Morgan fingerprint density at radius 3 is 2.60 bits per heavy atom. The second-order valence-corrected chi connectivity index (χ2v) is 8.97. The first-order chi connectivity index (χ1) is 14.6. The summed E-state index contributed by atoms with van der Waals surface area (Å²) in [5.74, 6) is -0.00871. The third-order valence-corrected chi connectivity index (χ3v) is 6.73. The molecular formula is C23H32N4O3. The van der Waals surface area contributed by atoms with Gasteiger partial charge in [-0.05, 0) is 37.2 Å². The van der Waals surface area contributed by atoms with Crippen LogP contribution in [0.25, 0.3) is 0 Å². The highest BCUT2D eigenvalue weighted by Crippen LogP contribution is 2.34. The number of carbonyl (C=O) groups excluding carboxylic acids is 3. The molecule has 7 heteroatoms. The lowest BCUT2D eigenvalue weighted by atomic mass is 9.94. The van der Waals surface area contributed by atoms with Crippen molar-refractivity contribution in [2.75, 3.05) is 13.1 Å². The first-order valence-corrected chi connectivity index (χ1v) is 11.2. The van der Waals surface area contributed by atoms with Gasteiger partial charge in [0.05, 0.1) is 0 Å². The molecule has 0 radical (unpaired) electrons. The summed E-state index contributed by atoms with van der Waals surface area (Å²) >= 11 is 0. The third-order valence-electron chi connectivity index (χ3n) is 6.73. The summed E-state index contributed by atoms with van der Waals surface area (Å²) in [6.07, 6.45) is 7.14. The minimum Gasteiger partial charge on any atom is -0.353 e. The van der Waals surface area contributed by atoms with Crippen molar-refractivity contribution >= 4 is 17.8 Å². The molecule has 0 aromatic heterocycles. The summed E-state index contributed by atoms with van der Waals surface area (Å²) in [6, 6.07) is 9.75. The van der Waals surface area contributed by atoms with Crippen molar-refractivity contribution in [1.82, 2.24) is 20.9 Å². The Morgan fingerprint density at radius 1 is 1.07 bits per heavy atom. The summed E-state index contributed by atoms with van der Waals surface area (Å²) in [6.45, 7) is 0.988. The Bertz CT molecular complexity index is 763. The van der Waals surface area contributed by atoms with Crippen LogP contribution < -0.4 is 16.0 Å². The van der Waals surface area contributed by atoms with Crippen molar-refractivity contribution < 1.29 is 14.4 Å². The number of amides is 4. The molecule has 3 fully saturated rings. The van der Waals surface area contributed by atoms with Gasteiger partial charge in [-0.3, -0.25) is 9.59 Å². The number of hydrogen-bond donors (Lipinski definition) is 3. The van der Waals surface area contributed by atoms with E-state index in [9.17, 15) is 14.4 Å². The lowest BCUT2D eigenvalue weighted by Crippen LogP contribution is -2.44. The van der Waals surface area contributed by atoms with Crippen LogP contribution in [0.2, 0.25) is 0 Å². The van der Waals surface area contributed by atoms with Crippen LogP contribution in [0.15, 0.2) is 30.3 Å². The van der Waals surface area contributed by atoms with Crippen LogP contribution in [0.3, 0.4) is 0 Å². The normalized spacial score (nSPS) is 27.0. The molecule has 162 valence electrons. The van der Waals surface area contributed by atoms with E-state index < -0.39 is 0 Å². The molecular weight excluding hydrogens is 380 g/mol. The number of fused-ring (bicyclic) bond motifs is 1. The van der Waals surface area contributed by atoms with E-state index >= 15 is 0 Å². The number of hydrogen-bond acceptors (Lipinski definition) is 3. The van der Waals surface area contributed by atoms with E-state index in [-0.39, 0.29) is 42.3 Å². The van der Waals surface area contributed by atoms with Crippen molar-refractivity contribution in [3.8, 4) is 0 Å². The zero-order valence-electron chi connectivity index (χ0n) is 17.4. The summed E-state index contributed by atoms with van der Waals surface area (Å²) in [5.41, 5.74) is 1.02. The Hall–Kier alpha value is -2.57. The van der Waals surface area contributed by atoms with Gasteiger partial charge in [0.2, 0.25) is 11.8 Å². The van der Waals surface area contributed by atoms with Crippen molar-refractivity contribution in [2.24, 2.45) is 11.8 Å². The standard InChI is InChI=1S/C23H32N4O3/c28-21-15-27(23(30)24-13-16-7-3-1-4-8-16)14-18-11-17(12-20(18)26-21)22(29)25-19-9-5-2-6-10-19/h1,3-4,7-8,17-20H,2,5-6,9-15H2,(H,24,30)(H,25,29)(H,26,28)/t17-,18+,20+/m0/s1. The predicted molar refractivity (Wildman–Crippen MR) is 113 cm³/mol. The average molecular weight is 413 g/mol. The summed E-state index contributed by atoms with van der Waals surface area (Å²) in [4.78, 5) is 39.4. The number of carbonyl (C=O) groups is 3. The quantitative estimate of drug-likeness (QED) is 0.708. The molecule has 4 amide bonds. The highest BCUT2D eigenvalue weighted by molar-refractivity contribution is 5.85. The van der Waals surface area contributed by atoms with E-state index in [0.29, 0.717) is 32.0 Å². The van der Waals surface area contributed by atoms with Crippen molar-refractivity contribution in [1.29, 1.82) is 0 Å². The van der Waals surface area contributed by atoms with E-state index in [0.717, 1.165) is 18.4 Å². The van der Waals surface area contributed by atoms with Crippen LogP contribution in [0.1, 0.15) is 50.5 Å². The van der Waals surface area contributed by atoms with Gasteiger partial charge in [-0.15, -0.1) is 0 Å². The molecule has 0 bridgehead atoms. The lowest BCUT2D eigenvalue weighted by molar-refractivity contribution is -0.126. The molecule has 3 atom stereocenters. The smallest absolute Gasteiger partial charge is 0.318 e. The van der Waals surface area contributed by atoms with E-state index in [1.807, 2.05) is 30.3 Å². The molecule has 30 heavy (non-hydrogen) atoms. The second-order valence-electron chi connectivity index (χ2n) is 8.97. The number of rotatable bonds is 4. The van der Waals surface area contributed by atoms with Gasteiger partial charge in [-0.1, -0.05) is 49.6 Å². The zero-order chi connectivity index (χ0) is 20.9. The van der Waals surface area contributed by atoms with Crippen LogP contribution >= 0.6 is 0 Å². The highest BCUT2D eigenvalue weighted by Gasteiger charge is 2.42. The maximum Gasteiger partial charge on any atom is 0.318 e. The van der Waals surface area contributed by atoms with Crippen LogP contribution in [0, 0.1) is 11.8 Å². The molecule has 2 aliphatic carbocycles. The molecule has 1 aliphatic heterocycles. The first-order valence-electron chi connectivity index (χ1n) is 11.2. The predicted octanol–water partition coefficient (Wildman–Crippen LogP) is 2.17. The van der Waals surface area contributed by atoms with Crippen LogP contribution in [0.4, 0.5) is 4.79 Å². The van der Waals surface area contributed by atoms with Crippen LogP contribution in [-0.4, -0.2) is 47.9 Å². The maximum atomic E-state index is 12.8. The Morgan fingerprint density at radius 2 is 1.83 bits per heavy atom. The summed E-state index contributed by atoms with van der Waals surface area (Å²) < 4.78 is 0. The van der Waals surface area contributed by atoms with E-state index in [1.54, 1.807) is 4.90 Å². The molecule has 1 saturated heterocycles. The summed E-state index contributed by atoms with van der Waals surface area (Å²) in [7, 11) is 0. The number of benzene rings is 1. The van der Waals surface area contributed by atoms with Crippen molar-refractivity contribution in [2.45, 2.75) is 63.6 Å². The number of nitrogens with zero attached hydrogens (tertiary/aromatic N) is 1. The minimum absolute atomic E-state index is 0.0356. The molecule has 1 aromatic rings. The Balaban J connectivity index is 1.32. The SMILES string of the molecule is O=C1CN(C(=O)NCc2ccccc2)C[C@H]2C[C@H](C(=O)NC3CCCCC3)C[C@H]2N1. The maximum absolute atomic E-state index is 12.8. The largest absolute Gasteiger partial charge is 0.353 e. The number of urea groups is 1. The van der Waals surface area contributed by atoms with E-state index in [4.69, 9.17) is 0 Å². The molecule has 7 nitrogen and oxygen atoms in total. The van der Waals surface area contributed by atoms with Gasteiger partial charge in [0.15, 0.2) is 0 Å². The van der Waals surface area contributed by atoms with Gasteiger partial charge in [0, 0.05) is 31.1 Å². The van der Waals surface area contributed by atoms with Crippen molar-refractivity contribution in [3.05, 3.63) is 35.9 Å². The topological polar surface area (TPSA) is 90.5 Å². The first kappa shape index (κ1) is 20.7. The lowest BCUT2D eigenvalue weighted by Gasteiger charge is -2.25. The Kier molecular flexibility index (Phi) is 6.55. The molecule has 2 saturated carbocycles. The van der Waals surface area contributed by atoms with Gasteiger partial charge in [0.25, 0.3) is 0 Å². The minimum atomic E-state index is -0.232. The molecule has 4 rings (SSSR count). The zero-order valence-corrected chi connectivity index (χ0v) is 17.4. The fraction of sp³-hybridized carbons (Fsp3) is 0.609. The number of nitrogens with one attached hydrogen (secondary N) is 3. The van der Waals surface area contributed by atoms with Gasteiger partial charge in [-0.25, -0.2) is 4.79 Å². The molecule has 3 N–H and O–H groups in total. The Labute approximate surface area is 178 Å². The third kappa shape index (κ3) is 5.12. The van der Waals surface area contributed by atoms with Gasteiger partial charge < -0.3 is 20.9 Å². The average Bonchev–Trinajstić information content (AvgIpc) is 3.08. The fourth-order valence-corrected chi connectivity index (χ4v) is 5.10. The van der Waals surface area contributed by atoms with E-state index in [2.05, 4.69) is 16.0 Å². The molecule has 3 aliphatic rings. The van der Waals surface area contributed by atoms with E-state index in [1.165, 1.54) is 19.3 Å². The van der Waals surface area contributed by atoms with Gasteiger partial charge >= 0.3 is 6.03 Å². The molecule has 1 heterocycles.